The predicted molar refractivity (Wildman–Crippen MR) is 83.7 cm³/mol. The zero-order chi connectivity index (χ0) is 14.4. The molecule has 1 atom stereocenters. The van der Waals surface area contributed by atoms with Gasteiger partial charge >= 0.3 is 0 Å². The van der Waals surface area contributed by atoms with Gasteiger partial charge in [-0.1, -0.05) is 11.8 Å². The maximum absolute atomic E-state index is 5.74. The van der Waals surface area contributed by atoms with Crippen LogP contribution in [0.25, 0.3) is 0 Å². The lowest BCUT2D eigenvalue weighted by molar-refractivity contribution is -0.0117. The molecule has 1 fully saturated rings. The van der Waals surface area contributed by atoms with E-state index in [1.807, 2.05) is 12.3 Å². The van der Waals surface area contributed by atoms with Gasteiger partial charge in [-0.2, -0.15) is 0 Å². The lowest BCUT2D eigenvalue weighted by Crippen LogP contribution is -2.43. The van der Waals surface area contributed by atoms with Gasteiger partial charge in [0.25, 0.3) is 0 Å². The number of nitrogens with one attached hydrogen (secondary N) is 2. The van der Waals surface area contributed by atoms with Crippen molar-refractivity contribution in [2.45, 2.75) is 18.2 Å². The summed E-state index contributed by atoms with van der Waals surface area (Å²) < 4.78 is 5.74. The van der Waals surface area contributed by atoms with Gasteiger partial charge in [0.05, 0.1) is 12.7 Å². The zero-order valence-electron chi connectivity index (χ0n) is 12.3. The van der Waals surface area contributed by atoms with Crippen LogP contribution in [0.4, 0.5) is 11.6 Å². The van der Waals surface area contributed by atoms with Gasteiger partial charge in [-0.05, 0) is 20.2 Å². The predicted octanol–water partition coefficient (Wildman–Crippen LogP) is 1.37. The molecular formula is C13H23N5OS. The van der Waals surface area contributed by atoms with Gasteiger partial charge in [0.15, 0.2) is 5.16 Å². The Morgan fingerprint density at radius 2 is 2.15 bits per heavy atom. The first kappa shape index (κ1) is 15.3. The second-order valence-corrected chi connectivity index (χ2v) is 5.56. The molecule has 1 unspecified atom stereocenters. The highest BCUT2D eigenvalue weighted by atomic mass is 32.2. The van der Waals surface area contributed by atoms with Crippen LogP contribution in [0.3, 0.4) is 0 Å². The minimum atomic E-state index is 0.212. The molecule has 2 rings (SSSR count). The Morgan fingerprint density at radius 1 is 1.40 bits per heavy atom. The van der Waals surface area contributed by atoms with Crippen LogP contribution in [-0.2, 0) is 4.74 Å². The summed E-state index contributed by atoms with van der Waals surface area (Å²) in [7, 11) is 2.12. The fourth-order valence-corrected chi connectivity index (χ4v) is 2.47. The summed E-state index contributed by atoms with van der Waals surface area (Å²) >= 11 is 1.54. The number of morpholine rings is 1. The third-order valence-electron chi connectivity index (χ3n) is 3.10. The molecule has 6 nitrogen and oxygen atoms in total. The van der Waals surface area contributed by atoms with Gasteiger partial charge < -0.3 is 20.3 Å². The van der Waals surface area contributed by atoms with Crippen molar-refractivity contribution in [3.63, 3.8) is 0 Å². The summed E-state index contributed by atoms with van der Waals surface area (Å²) in [5, 5.41) is 7.35. The molecule has 0 radical (unpaired) electrons. The third kappa shape index (κ3) is 4.50. The Hall–Kier alpha value is -1.05. The van der Waals surface area contributed by atoms with E-state index in [-0.39, 0.29) is 6.10 Å². The fourth-order valence-electron chi connectivity index (χ4n) is 2.09. The summed E-state index contributed by atoms with van der Waals surface area (Å²) in [5.74, 6) is 1.70. The average molecular weight is 297 g/mol. The van der Waals surface area contributed by atoms with Gasteiger partial charge in [-0.25, -0.2) is 9.97 Å². The molecule has 20 heavy (non-hydrogen) atoms. The Kier molecular flexibility index (Phi) is 5.87. The van der Waals surface area contributed by atoms with Crippen LogP contribution in [-0.4, -0.2) is 67.1 Å². The van der Waals surface area contributed by atoms with Crippen LogP contribution in [0, 0.1) is 0 Å². The van der Waals surface area contributed by atoms with Gasteiger partial charge in [-0.3, -0.25) is 0 Å². The van der Waals surface area contributed by atoms with Crippen molar-refractivity contribution in [3.05, 3.63) is 6.07 Å². The average Bonchev–Trinajstić information content (AvgIpc) is 2.45. The maximum Gasteiger partial charge on any atom is 0.191 e. The molecule has 0 bridgehead atoms. The van der Waals surface area contributed by atoms with Gasteiger partial charge in [0.2, 0.25) is 0 Å². The Balaban J connectivity index is 1.95. The lowest BCUT2D eigenvalue weighted by Gasteiger charge is -2.30. The summed E-state index contributed by atoms with van der Waals surface area (Å²) in [6.07, 6.45) is 2.19. The molecule has 1 saturated heterocycles. The van der Waals surface area contributed by atoms with Crippen LogP contribution in [0.15, 0.2) is 11.2 Å². The topological polar surface area (TPSA) is 62.3 Å². The van der Waals surface area contributed by atoms with Crippen LogP contribution in [0.1, 0.15) is 6.92 Å². The molecule has 2 N–H and O–H groups in total. The van der Waals surface area contributed by atoms with Crippen LogP contribution >= 0.6 is 11.8 Å². The highest BCUT2D eigenvalue weighted by molar-refractivity contribution is 7.98. The van der Waals surface area contributed by atoms with Crippen LogP contribution in [0.2, 0.25) is 0 Å². The number of likely N-dealkylation sites (N-methyl/N-ethyl adjacent to an activating group) is 1. The van der Waals surface area contributed by atoms with E-state index in [1.165, 1.54) is 0 Å². The minimum absolute atomic E-state index is 0.212. The van der Waals surface area contributed by atoms with Gasteiger partial charge in [-0.15, -0.1) is 0 Å². The number of nitrogens with zero attached hydrogens (tertiary/aromatic N) is 3. The summed E-state index contributed by atoms with van der Waals surface area (Å²) in [5.41, 5.74) is 0. The molecule has 1 aromatic rings. The molecule has 0 aliphatic carbocycles. The number of anilines is 2. The van der Waals surface area contributed by atoms with Crippen molar-refractivity contribution >= 4 is 23.4 Å². The van der Waals surface area contributed by atoms with Crippen LogP contribution in [0.5, 0.6) is 0 Å². The van der Waals surface area contributed by atoms with Crippen molar-refractivity contribution in [2.75, 3.05) is 56.7 Å². The number of hydrogen-bond acceptors (Lipinski definition) is 7. The summed E-state index contributed by atoms with van der Waals surface area (Å²) in [6.45, 7) is 6.42. The molecule has 112 valence electrons. The molecule has 0 amide bonds. The van der Waals surface area contributed by atoms with Crippen molar-refractivity contribution in [3.8, 4) is 0 Å². The largest absolute Gasteiger partial charge is 0.374 e. The quantitative estimate of drug-likeness (QED) is 0.607. The second kappa shape index (κ2) is 7.66. The first-order valence-electron chi connectivity index (χ1n) is 6.92. The van der Waals surface area contributed by atoms with Crippen LogP contribution < -0.4 is 10.6 Å². The lowest BCUT2D eigenvalue weighted by atomic mass is 10.3. The normalized spacial score (nSPS) is 19.9. The Bertz CT molecular complexity index is 431. The molecule has 1 aliphatic heterocycles. The molecule has 1 aromatic heterocycles. The Labute approximate surface area is 124 Å². The monoisotopic (exact) mass is 297 g/mol. The zero-order valence-corrected chi connectivity index (χ0v) is 13.2. The van der Waals surface area contributed by atoms with E-state index in [0.717, 1.165) is 49.6 Å². The molecule has 0 spiro atoms. The summed E-state index contributed by atoms with van der Waals surface area (Å²) in [4.78, 5) is 11.2. The molecule has 2 heterocycles. The number of ether oxygens (including phenoxy) is 1. The second-order valence-electron chi connectivity index (χ2n) is 4.79. The fraction of sp³-hybridized carbons (Fsp3) is 0.692. The molecule has 1 aliphatic rings. The molecular weight excluding hydrogens is 274 g/mol. The standard InChI is InChI=1S/C13H23N5OS/c1-4-14-11-7-12(17-13(16-11)20-3)15-8-10-9-18(2)5-6-19-10/h7,10H,4-6,8-9H2,1-3H3,(H2,14,15,16,17). The third-order valence-corrected chi connectivity index (χ3v) is 3.65. The summed E-state index contributed by atoms with van der Waals surface area (Å²) in [6, 6.07) is 1.94. The molecule has 0 saturated carbocycles. The number of rotatable bonds is 6. The highest BCUT2D eigenvalue weighted by Gasteiger charge is 2.17. The van der Waals surface area contributed by atoms with Crippen molar-refractivity contribution in [2.24, 2.45) is 0 Å². The van der Waals surface area contributed by atoms with E-state index >= 15 is 0 Å². The highest BCUT2D eigenvalue weighted by Crippen LogP contribution is 2.17. The smallest absolute Gasteiger partial charge is 0.191 e. The van der Waals surface area contributed by atoms with Gasteiger partial charge in [0.1, 0.15) is 11.6 Å². The maximum atomic E-state index is 5.74. The first-order valence-corrected chi connectivity index (χ1v) is 8.14. The van der Waals surface area contributed by atoms with E-state index in [4.69, 9.17) is 4.74 Å². The van der Waals surface area contributed by atoms with E-state index in [1.54, 1.807) is 11.8 Å². The molecule has 0 aromatic carbocycles. The van der Waals surface area contributed by atoms with E-state index in [9.17, 15) is 0 Å². The van der Waals surface area contributed by atoms with E-state index in [2.05, 4.69) is 39.5 Å². The Morgan fingerprint density at radius 3 is 2.80 bits per heavy atom. The van der Waals surface area contributed by atoms with E-state index in [0.29, 0.717) is 0 Å². The minimum Gasteiger partial charge on any atom is -0.374 e. The number of thioether (sulfide) groups is 1. The number of aromatic nitrogens is 2. The van der Waals surface area contributed by atoms with Crippen molar-refractivity contribution in [1.82, 2.24) is 14.9 Å². The van der Waals surface area contributed by atoms with E-state index < -0.39 is 0 Å². The van der Waals surface area contributed by atoms with Crippen molar-refractivity contribution in [1.29, 1.82) is 0 Å². The van der Waals surface area contributed by atoms with Crippen molar-refractivity contribution < 1.29 is 4.74 Å². The SMILES string of the molecule is CCNc1cc(NCC2CN(C)CCO2)nc(SC)n1. The first-order chi connectivity index (χ1) is 9.71. The molecule has 7 heteroatoms. The number of hydrogen-bond donors (Lipinski definition) is 2. The van der Waals surface area contributed by atoms with Gasteiger partial charge in [0, 0.05) is 32.2 Å².